The van der Waals surface area contributed by atoms with Crippen molar-refractivity contribution in [2.75, 3.05) is 26.7 Å². The summed E-state index contributed by atoms with van der Waals surface area (Å²) in [4.78, 5) is 2.39. The third-order valence-electron chi connectivity index (χ3n) is 3.64. The lowest BCUT2D eigenvalue weighted by molar-refractivity contribution is 0.186. The van der Waals surface area contributed by atoms with Crippen molar-refractivity contribution in [3.63, 3.8) is 0 Å². The Morgan fingerprint density at radius 1 is 1.44 bits per heavy atom. The highest BCUT2D eigenvalue weighted by Crippen LogP contribution is 2.20. The summed E-state index contributed by atoms with van der Waals surface area (Å²) in [6.07, 6.45) is 2.55. The van der Waals surface area contributed by atoms with Crippen LogP contribution in [0.2, 0.25) is 0 Å². The third-order valence-corrected chi connectivity index (χ3v) is 3.64. The number of hydrogen-bond acceptors (Lipinski definition) is 3. The molecule has 1 aliphatic rings. The molecule has 0 amide bonds. The lowest BCUT2D eigenvalue weighted by Gasteiger charge is -2.34. The van der Waals surface area contributed by atoms with Crippen LogP contribution in [0.4, 0.5) is 0 Å². The Morgan fingerprint density at radius 2 is 2.00 bits per heavy atom. The van der Waals surface area contributed by atoms with Gasteiger partial charge in [-0.2, -0.15) is 5.26 Å². The van der Waals surface area contributed by atoms with Crippen molar-refractivity contribution in [3.8, 4) is 6.07 Å². The zero-order valence-electron chi connectivity index (χ0n) is 11.1. The van der Waals surface area contributed by atoms with Gasteiger partial charge in [0.1, 0.15) is 0 Å². The lowest BCUT2D eigenvalue weighted by Crippen LogP contribution is -2.43. The summed E-state index contributed by atoms with van der Waals surface area (Å²) in [7, 11) is 2.19. The van der Waals surface area contributed by atoms with E-state index in [1.807, 2.05) is 13.8 Å². The summed E-state index contributed by atoms with van der Waals surface area (Å²) in [6.45, 7) is 9.43. The SMILES string of the molecule is CC(NCC(C)(C)C#N)C1CCN(C)CC1. The summed E-state index contributed by atoms with van der Waals surface area (Å²) in [5.74, 6) is 0.769. The topological polar surface area (TPSA) is 39.1 Å². The Kier molecular flexibility index (Phi) is 4.76. The number of piperidine rings is 1. The van der Waals surface area contributed by atoms with Crippen LogP contribution in [0.3, 0.4) is 0 Å². The van der Waals surface area contributed by atoms with E-state index in [0.717, 1.165) is 12.5 Å². The molecule has 1 saturated heterocycles. The molecule has 1 rings (SSSR count). The maximum Gasteiger partial charge on any atom is 0.0697 e. The second-order valence-corrected chi connectivity index (χ2v) is 5.81. The Bertz CT molecular complexity index is 246. The van der Waals surface area contributed by atoms with E-state index >= 15 is 0 Å². The molecule has 92 valence electrons. The smallest absolute Gasteiger partial charge is 0.0697 e. The number of likely N-dealkylation sites (tertiary alicyclic amines) is 1. The van der Waals surface area contributed by atoms with Gasteiger partial charge in [-0.15, -0.1) is 0 Å². The number of nitriles is 1. The fourth-order valence-corrected chi connectivity index (χ4v) is 2.15. The highest BCUT2D eigenvalue weighted by Gasteiger charge is 2.24. The first kappa shape index (κ1) is 13.5. The number of nitrogens with zero attached hydrogens (tertiary/aromatic N) is 2. The number of hydrogen-bond donors (Lipinski definition) is 1. The van der Waals surface area contributed by atoms with Gasteiger partial charge in [0.05, 0.1) is 11.5 Å². The Hall–Kier alpha value is -0.590. The zero-order valence-corrected chi connectivity index (χ0v) is 11.1. The van der Waals surface area contributed by atoms with Gasteiger partial charge in [-0.3, -0.25) is 0 Å². The van der Waals surface area contributed by atoms with Crippen molar-refractivity contribution in [2.24, 2.45) is 11.3 Å². The lowest BCUT2D eigenvalue weighted by atomic mass is 9.89. The molecule has 0 saturated carbocycles. The summed E-state index contributed by atoms with van der Waals surface area (Å²) in [5, 5.41) is 12.5. The fourth-order valence-electron chi connectivity index (χ4n) is 2.15. The normalized spacial score (nSPS) is 21.7. The Morgan fingerprint density at radius 3 is 2.50 bits per heavy atom. The van der Waals surface area contributed by atoms with Crippen LogP contribution < -0.4 is 5.32 Å². The van der Waals surface area contributed by atoms with Gasteiger partial charge in [-0.25, -0.2) is 0 Å². The van der Waals surface area contributed by atoms with E-state index in [1.165, 1.54) is 25.9 Å². The fraction of sp³-hybridized carbons (Fsp3) is 0.923. The Labute approximate surface area is 99.8 Å². The molecule has 3 heteroatoms. The van der Waals surface area contributed by atoms with Crippen LogP contribution in [-0.2, 0) is 0 Å². The molecule has 1 fully saturated rings. The predicted molar refractivity (Wildman–Crippen MR) is 67.1 cm³/mol. The van der Waals surface area contributed by atoms with Gasteiger partial charge in [0.2, 0.25) is 0 Å². The minimum atomic E-state index is -0.250. The molecule has 0 aromatic carbocycles. The molecule has 1 unspecified atom stereocenters. The number of rotatable bonds is 4. The maximum absolute atomic E-state index is 8.96. The molecule has 0 aromatic heterocycles. The first-order chi connectivity index (χ1) is 7.44. The first-order valence-electron chi connectivity index (χ1n) is 6.28. The van der Waals surface area contributed by atoms with Gasteiger partial charge in [-0.05, 0) is 59.7 Å². The monoisotopic (exact) mass is 223 g/mol. The van der Waals surface area contributed by atoms with Gasteiger partial charge in [0.25, 0.3) is 0 Å². The van der Waals surface area contributed by atoms with Crippen molar-refractivity contribution in [2.45, 2.75) is 39.7 Å². The molecule has 0 aliphatic carbocycles. The van der Waals surface area contributed by atoms with Crippen LogP contribution in [0.15, 0.2) is 0 Å². The van der Waals surface area contributed by atoms with E-state index < -0.39 is 0 Å². The van der Waals surface area contributed by atoms with Gasteiger partial charge in [0, 0.05) is 12.6 Å². The summed E-state index contributed by atoms with van der Waals surface area (Å²) in [6, 6.07) is 2.86. The van der Waals surface area contributed by atoms with Gasteiger partial charge in [0.15, 0.2) is 0 Å². The van der Waals surface area contributed by atoms with Gasteiger partial charge in [-0.1, -0.05) is 0 Å². The average molecular weight is 223 g/mol. The average Bonchev–Trinajstić information content (AvgIpc) is 2.27. The standard InChI is InChI=1S/C13H25N3/c1-11(15-10-13(2,3)9-14)12-5-7-16(4)8-6-12/h11-12,15H,5-8,10H2,1-4H3. The predicted octanol–water partition coefficient (Wildman–Crippen LogP) is 1.86. The van der Waals surface area contributed by atoms with Crippen LogP contribution >= 0.6 is 0 Å². The summed E-state index contributed by atoms with van der Waals surface area (Å²) >= 11 is 0. The van der Waals surface area contributed by atoms with Crippen LogP contribution in [-0.4, -0.2) is 37.6 Å². The second-order valence-electron chi connectivity index (χ2n) is 5.81. The van der Waals surface area contributed by atoms with Gasteiger partial charge < -0.3 is 10.2 Å². The molecular formula is C13H25N3. The van der Waals surface area contributed by atoms with Crippen molar-refractivity contribution < 1.29 is 0 Å². The summed E-state index contributed by atoms with van der Waals surface area (Å²) in [5.41, 5.74) is -0.250. The van der Waals surface area contributed by atoms with Crippen LogP contribution in [0.5, 0.6) is 0 Å². The van der Waals surface area contributed by atoms with Crippen molar-refractivity contribution in [3.05, 3.63) is 0 Å². The van der Waals surface area contributed by atoms with E-state index in [0.29, 0.717) is 6.04 Å². The van der Waals surface area contributed by atoms with Crippen LogP contribution in [0.25, 0.3) is 0 Å². The maximum atomic E-state index is 8.96. The molecule has 1 heterocycles. The molecule has 16 heavy (non-hydrogen) atoms. The highest BCUT2D eigenvalue weighted by atomic mass is 15.1. The van der Waals surface area contributed by atoms with E-state index in [1.54, 1.807) is 0 Å². The van der Waals surface area contributed by atoms with E-state index in [9.17, 15) is 0 Å². The number of nitrogens with one attached hydrogen (secondary N) is 1. The molecule has 0 spiro atoms. The molecule has 0 aromatic rings. The zero-order chi connectivity index (χ0) is 12.2. The quantitative estimate of drug-likeness (QED) is 0.790. The van der Waals surface area contributed by atoms with Crippen LogP contribution in [0, 0.1) is 22.7 Å². The first-order valence-corrected chi connectivity index (χ1v) is 6.28. The molecular weight excluding hydrogens is 198 g/mol. The molecule has 1 atom stereocenters. The van der Waals surface area contributed by atoms with E-state index in [-0.39, 0.29) is 5.41 Å². The molecule has 1 N–H and O–H groups in total. The Balaban J connectivity index is 2.30. The molecule has 3 nitrogen and oxygen atoms in total. The highest BCUT2D eigenvalue weighted by molar-refractivity contribution is 4.94. The van der Waals surface area contributed by atoms with Crippen molar-refractivity contribution in [1.29, 1.82) is 5.26 Å². The second kappa shape index (κ2) is 5.65. The minimum absolute atomic E-state index is 0.250. The summed E-state index contributed by atoms with van der Waals surface area (Å²) < 4.78 is 0. The van der Waals surface area contributed by atoms with Gasteiger partial charge >= 0.3 is 0 Å². The molecule has 0 bridgehead atoms. The molecule has 0 radical (unpaired) electrons. The van der Waals surface area contributed by atoms with E-state index in [4.69, 9.17) is 5.26 Å². The molecule has 1 aliphatic heterocycles. The van der Waals surface area contributed by atoms with Crippen LogP contribution in [0.1, 0.15) is 33.6 Å². The van der Waals surface area contributed by atoms with Crippen molar-refractivity contribution in [1.82, 2.24) is 10.2 Å². The van der Waals surface area contributed by atoms with E-state index in [2.05, 4.69) is 30.3 Å². The van der Waals surface area contributed by atoms with Crippen molar-refractivity contribution >= 4 is 0 Å². The largest absolute Gasteiger partial charge is 0.312 e. The minimum Gasteiger partial charge on any atom is -0.312 e. The third kappa shape index (κ3) is 4.11.